The van der Waals surface area contributed by atoms with Crippen molar-refractivity contribution in [3.8, 4) is 0 Å². The Bertz CT molecular complexity index is 474. The lowest BCUT2D eigenvalue weighted by Crippen LogP contribution is -2.38. The number of aryl methyl sites for hydroxylation is 1. The molecular weight excluding hydrogens is 282 g/mol. The predicted octanol–water partition coefficient (Wildman–Crippen LogP) is 3.12. The molecule has 1 saturated heterocycles. The number of nitrogens with zero attached hydrogens (tertiary/aromatic N) is 2. The van der Waals surface area contributed by atoms with Crippen molar-refractivity contribution in [2.24, 2.45) is 5.92 Å². The highest BCUT2D eigenvalue weighted by molar-refractivity contribution is 7.15. The van der Waals surface area contributed by atoms with E-state index in [1.165, 1.54) is 30.6 Å². The van der Waals surface area contributed by atoms with Gasteiger partial charge in [0.1, 0.15) is 0 Å². The zero-order chi connectivity index (χ0) is 14.7. The summed E-state index contributed by atoms with van der Waals surface area (Å²) in [4.78, 5) is 20.2. The van der Waals surface area contributed by atoms with Crippen molar-refractivity contribution in [3.63, 3.8) is 0 Å². The van der Waals surface area contributed by atoms with Gasteiger partial charge in [-0.2, -0.15) is 0 Å². The lowest BCUT2D eigenvalue weighted by atomic mass is 9.93. The van der Waals surface area contributed by atoms with Crippen LogP contribution in [0.5, 0.6) is 0 Å². The minimum atomic E-state index is 0.269. The van der Waals surface area contributed by atoms with E-state index in [1.54, 1.807) is 11.3 Å². The third-order valence-corrected chi connectivity index (χ3v) is 5.66. The van der Waals surface area contributed by atoms with Crippen molar-refractivity contribution in [1.82, 2.24) is 10.3 Å². The fourth-order valence-corrected chi connectivity index (χ4v) is 4.25. The summed E-state index contributed by atoms with van der Waals surface area (Å²) in [6.45, 7) is 4.17. The molecule has 21 heavy (non-hydrogen) atoms. The summed E-state index contributed by atoms with van der Waals surface area (Å²) in [6.07, 6.45) is 9.77. The van der Waals surface area contributed by atoms with E-state index in [-0.39, 0.29) is 5.91 Å². The first-order chi connectivity index (χ1) is 10.2. The van der Waals surface area contributed by atoms with Crippen LogP contribution >= 0.6 is 11.3 Å². The Labute approximate surface area is 130 Å². The molecule has 5 heteroatoms. The van der Waals surface area contributed by atoms with Gasteiger partial charge in [-0.25, -0.2) is 4.98 Å². The summed E-state index contributed by atoms with van der Waals surface area (Å²) in [5.74, 6) is 0.814. The number of piperidine rings is 1. The van der Waals surface area contributed by atoms with Gasteiger partial charge in [0, 0.05) is 36.6 Å². The van der Waals surface area contributed by atoms with E-state index in [0.29, 0.717) is 18.4 Å². The highest BCUT2D eigenvalue weighted by Crippen LogP contribution is 2.28. The number of amides is 1. The second-order valence-electron chi connectivity index (χ2n) is 6.44. The third kappa shape index (κ3) is 3.96. The van der Waals surface area contributed by atoms with Gasteiger partial charge >= 0.3 is 0 Å². The first-order valence-corrected chi connectivity index (χ1v) is 8.99. The van der Waals surface area contributed by atoms with Crippen LogP contribution in [0.3, 0.4) is 0 Å². The number of thiazole rings is 1. The van der Waals surface area contributed by atoms with Crippen molar-refractivity contribution in [1.29, 1.82) is 0 Å². The van der Waals surface area contributed by atoms with Crippen molar-refractivity contribution in [2.45, 2.75) is 57.9 Å². The van der Waals surface area contributed by atoms with E-state index in [4.69, 9.17) is 0 Å². The number of carbonyl (C=O) groups excluding carboxylic acids is 1. The fraction of sp³-hybridized carbons (Fsp3) is 0.750. The van der Waals surface area contributed by atoms with Crippen LogP contribution in [0.2, 0.25) is 0 Å². The van der Waals surface area contributed by atoms with Gasteiger partial charge in [0.25, 0.3) is 0 Å². The Morgan fingerprint density at radius 3 is 2.67 bits per heavy atom. The van der Waals surface area contributed by atoms with Crippen LogP contribution in [-0.2, 0) is 4.79 Å². The molecule has 1 aliphatic heterocycles. The number of anilines is 1. The Balaban J connectivity index is 1.42. The normalized spacial score (nSPS) is 20.9. The molecule has 0 aromatic carbocycles. The summed E-state index contributed by atoms with van der Waals surface area (Å²) in [6, 6.07) is 0.455. The predicted molar refractivity (Wildman–Crippen MR) is 86.8 cm³/mol. The maximum atomic E-state index is 12.1. The summed E-state index contributed by atoms with van der Waals surface area (Å²) in [7, 11) is 0. The van der Waals surface area contributed by atoms with Crippen molar-refractivity contribution in [3.05, 3.63) is 11.1 Å². The van der Waals surface area contributed by atoms with Crippen molar-refractivity contribution >= 4 is 22.4 Å². The van der Waals surface area contributed by atoms with Crippen LogP contribution in [-0.4, -0.2) is 30.0 Å². The molecule has 1 saturated carbocycles. The summed E-state index contributed by atoms with van der Waals surface area (Å²) < 4.78 is 0. The quantitative estimate of drug-likeness (QED) is 0.929. The molecule has 2 fully saturated rings. The molecule has 1 N–H and O–H groups in total. The Hall–Kier alpha value is -1.10. The number of carbonyl (C=O) groups is 1. The summed E-state index contributed by atoms with van der Waals surface area (Å²) in [5.41, 5.74) is 0. The van der Waals surface area contributed by atoms with Gasteiger partial charge in [0.2, 0.25) is 5.91 Å². The minimum Gasteiger partial charge on any atom is -0.353 e. The average molecular weight is 307 g/mol. The summed E-state index contributed by atoms with van der Waals surface area (Å²) in [5, 5.41) is 4.35. The number of rotatable bonds is 4. The molecule has 1 aliphatic carbocycles. The molecule has 116 valence electrons. The van der Waals surface area contributed by atoms with E-state index in [2.05, 4.69) is 22.1 Å². The lowest BCUT2D eigenvalue weighted by molar-refractivity contribution is -0.122. The zero-order valence-corrected chi connectivity index (χ0v) is 13.6. The highest BCUT2D eigenvalue weighted by atomic mass is 32.1. The van der Waals surface area contributed by atoms with Crippen molar-refractivity contribution in [2.75, 3.05) is 18.0 Å². The number of hydrogen-bond acceptors (Lipinski definition) is 4. The molecule has 0 radical (unpaired) electrons. The van der Waals surface area contributed by atoms with Crippen LogP contribution < -0.4 is 10.2 Å². The Morgan fingerprint density at radius 2 is 2.05 bits per heavy atom. The van der Waals surface area contributed by atoms with Crippen LogP contribution in [0.4, 0.5) is 5.13 Å². The Kier molecular flexibility index (Phi) is 4.78. The van der Waals surface area contributed by atoms with Crippen LogP contribution in [0.25, 0.3) is 0 Å². The largest absolute Gasteiger partial charge is 0.353 e. The van der Waals surface area contributed by atoms with Gasteiger partial charge in [-0.3, -0.25) is 4.79 Å². The first kappa shape index (κ1) is 14.8. The number of aromatic nitrogens is 1. The maximum Gasteiger partial charge on any atom is 0.220 e. The molecule has 1 aromatic heterocycles. The van der Waals surface area contributed by atoms with E-state index < -0.39 is 0 Å². The van der Waals surface area contributed by atoms with Gasteiger partial charge in [-0.15, -0.1) is 11.3 Å². The van der Waals surface area contributed by atoms with Crippen LogP contribution in [0, 0.1) is 12.8 Å². The SMILES string of the molecule is Cc1cnc(N2CCC(CC(=O)NC3CCCC3)CC2)s1. The van der Waals surface area contributed by atoms with E-state index in [9.17, 15) is 4.79 Å². The van der Waals surface area contributed by atoms with Crippen molar-refractivity contribution < 1.29 is 4.79 Å². The van der Waals surface area contributed by atoms with Gasteiger partial charge in [0.05, 0.1) is 0 Å². The van der Waals surface area contributed by atoms with E-state index in [1.807, 2.05) is 6.20 Å². The standard InChI is InChI=1S/C16H25N3OS/c1-12-11-17-16(21-12)19-8-6-13(7-9-19)10-15(20)18-14-4-2-3-5-14/h11,13-14H,2-10H2,1H3,(H,18,20). The molecule has 0 bridgehead atoms. The van der Waals surface area contributed by atoms with Gasteiger partial charge in [-0.1, -0.05) is 12.8 Å². The molecule has 1 amide bonds. The Morgan fingerprint density at radius 1 is 1.33 bits per heavy atom. The molecule has 0 atom stereocenters. The molecular formula is C16H25N3OS. The topological polar surface area (TPSA) is 45.2 Å². The van der Waals surface area contributed by atoms with E-state index >= 15 is 0 Å². The molecule has 2 heterocycles. The monoisotopic (exact) mass is 307 g/mol. The molecule has 0 spiro atoms. The molecule has 1 aromatic rings. The maximum absolute atomic E-state index is 12.1. The minimum absolute atomic E-state index is 0.269. The first-order valence-electron chi connectivity index (χ1n) is 8.17. The van der Waals surface area contributed by atoms with Gasteiger partial charge in [0.15, 0.2) is 5.13 Å². The molecule has 3 rings (SSSR count). The van der Waals surface area contributed by atoms with Crippen LogP contribution in [0.1, 0.15) is 49.8 Å². The fourth-order valence-electron chi connectivity index (χ4n) is 3.44. The molecule has 2 aliphatic rings. The lowest BCUT2D eigenvalue weighted by Gasteiger charge is -2.31. The second-order valence-corrected chi connectivity index (χ2v) is 7.65. The van der Waals surface area contributed by atoms with Gasteiger partial charge in [-0.05, 0) is 38.5 Å². The second kappa shape index (κ2) is 6.77. The van der Waals surface area contributed by atoms with Crippen LogP contribution in [0.15, 0.2) is 6.20 Å². The third-order valence-electron chi connectivity index (χ3n) is 4.69. The number of hydrogen-bond donors (Lipinski definition) is 1. The highest BCUT2D eigenvalue weighted by Gasteiger charge is 2.24. The number of nitrogens with one attached hydrogen (secondary N) is 1. The van der Waals surface area contributed by atoms with Gasteiger partial charge < -0.3 is 10.2 Å². The van der Waals surface area contributed by atoms with E-state index in [0.717, 1.165) is 31.1 Å². The molecule has 4 nitrogen and oxygen atoms in total. The molecule has 0 unspecified atom stereocenters. The summed E-state index contributed by atoms with van der Waals surface area (Å²) >= 11 is 1.77. The average Bonchev–Trinajstić information content (AvgIpc) is 3.11. The zero-order valence-electron chi connectivity index (χ0n) is 12.8. The smallest absolute Gasteiger partial charge is 0.220 e.